The maximum absolute atomic E-state index is 12.5. The quantitative estimate of drug-likeness (QED) is 0.352. The van der Waals surface area contributed by atoms with Crippen LogP contribution in [-0.4, -0.2) is 25.0 Å². The molecular weight excluding hydrogens is 376 g/mol. The second kappa shape index (κ2) is 7.87. The van der Waals surface area contributed by atoms with Crippen molar-refractivity contribution in [3.63, 3.8) is 0 Å². The molecule has 0 atom stereocenters. The van der Waals surface area contributed by atoms with Gasteiger partial charge in [0.2, 0.25) is 0 Å². The van der Waals surface area contributed by atoms with E-state index in [1.807, 2.05) is 24.3 Å². The van der Waals surface area contributed by atoms with Gasteiger partial charge in [0, 0.05) is 5.56 Å². The van der Waals surface area contributed by atoms with E-state index >= 15 is 0 Å². The van der Waals surface area contributed by atoms with Crippen molar-refractivity contribution in [3.05, 3.63) is 88.4 Å². The Balaban J connectivity index is 1.36. The largest absolute Gasteiger partial charge is 0.480 e. The standard InChI is InChI=1S/C23H17ClO4/c24-20-7-3-4-8-22(20)27-14-23(26)28-13-21(25)17-10-9-16-11-15-5-1-2-6-18(15)19(16)12-17/h1-10,12H,11,13-14H2. The smallest absolute Gasteiger partial charge is 0.344 e. The SMILES string of the molecule is O=C(COc1ccccc1Cl)OCC(=O)c1ccc2c(c1)-c1ccccc1C2. The van der Waals surface area contributed by atoms with Crippen molar-refractivity contribution < 1.29 is 19.1 Å². The van der Waals surface area contributed by atoms with E-state index in [-0.39, 0.29) is 19.0 Å². The lowest BCUT2D eigenvalue weighted by atomic mass is 10.0. The van der Waals surface area contributed by atoms with E-state index in [0.717, 1.165) is 17.5 Å². The van der Waals surface area contributed by atoms with Crippen LogP contribution in [0, 0.1) is 0 Å². The summed E-state index contributed by atoms with van der Waals surface area (Å²) in [7, 11) is 0. The van der Waals surface area contributed by atoms with Crippen LogP contribution in [0.25, 0.3) is 11.1 Å². The first-order valence-corrected chi connectivity index (χ1v) is 9.27. The lowest BCUT2D eigenvalue weighted by Gasteiger charge is -2.08. The molecule has 0 bridgehead atoms. The Bertz CT molecular complexity index is 1060. The van der Waals surface area contributed by atoms with Crippen molar-refractivity contribution in [1.29, 1.82) is 0 Å². The normalized spacial score (nSPS) is 11.5. The van der Waals surface area contributed by atoms with Crippen molar-refractivity contribution >= 4 is 23.4 Å². The molecule has 0 heterocycles. The zero-order valence-corrected chi connectivity index (χ0v) is 15.7. The molecule has 0 saturated carbocycles. The van der Waals surface area contributed by atoms with Gasteiger partial charge in [0.1, 0.15) is 5.75 Å². The third-order valence-corrected chi connectivity index (χ3v) is 4.98. The number of rotatable bonds is 6. The first-order chi connectivity index (χ1) is 13.6. The minimum absolute atomic E-state index is 0.252. The summed E-state index contributed by atoms with van der Waals surface area (Å²) in [6, 6.07) is 20.6. The minimum atomic E-state index is -0.625. The van der Waals surface area contributed by atoms with Gasteiger partial charge in [-0.05, 0) is 46.9 Å². The van der Waals surface area contributed by atoms with Gasteiger partial charge in [-0.25, -0.2) is 4.79 Å². The Labute approximate surface area is 167 Å². The van der Waals surface area contributed by atoms with Crippen LogP contribution in [-0.2, 0) is 16.0 Å². The highest BCUT2D eigenvalue weighted by Crippen LogP contribution is 2.36. The average Bonchev–Trinajstić information content (AvgIpc) is 3.09. The van der Waals surface area contributed by atoms with Gasteiger partial charge in [0.15, 0.2) is 19.0 Å². The average molecular weight is 393 g/mol. The molecule has 0 amide bonds. The number of Topliss-reactive ketones (excluding diaryl/α,β-unsaturated/α-hetero) is 1. The van der Waals surface area contributed by atoms with Gasteiger partial charge < -0.3 is 9.47 Å². The van der Waals surface area contributed by atoms with Gasteiger partial charge >= 0.3 is 5.97 Å². The number of carbonyl (C=O) groups is 2. The topological polar surface area (TPSA) is 52.6 Å². The number of para-hydroxylation sites is 1. The van der Waals surface area contributed by atoms with Crippen molar-refractivity contribution in [2.75, 3.05) is 13.2 Å². The number of fused-ring (bicyclic) bond motifs is 3. The van der Waals surface area contributed by atoms with Crippen LogP contribution < -0.4 is 4.74 Å². The third-order valence-electron chi connectivity index (χ3n) is 4.67. The number of ketones is 1. The van der Waals surface area contributed by atoms with Gasteiger partial charge in [-0.1, -0.05) is 60.1 Å². The summed E-state index contributed by atoms with van der Waals surface area (Å²) in [6.45, 7) is -0.639. The molecule has 4 nitrogen and oxygen atoms in total. The molecular formula is C23H17ClO4. The molecule has 0 fully saturated rings. The zero-order chi connectivity index (χ0) is 19.5. The summed E-state index contributed by atoms with van der Waals surface area (Å²) in [4.78, 5) is 24.3. The molecule has 5 heteroatoms. The first kappa shape index (κ1) is 18.3. The van der Waals surface area contributed by atoms with E-state index in [9.17, 15) is 9.59 Å². The molecule has 0 N–H and O–H groups in total. The van der Waals surface area contributed by atoms with Crippen LogP contribution in [0.4, 0.5) is 0 Å². The number of carbonyl (C=O) groups excluding carboxylic acids is 2. The van der Waals surface area contributed by atoms with Crippen LogP contribution >= 0.6 is 11.6 Å². The third kappa shape index (κ3) is 3.78. The Kier molecular flexibility index (Phi) is 5.13. The second-order valence-corrected chi connectivity index (χ2v) is 6.92. The van der Waals surface area contributed by atoms with E-state index in [4.69, 9.17) is 21.1 Å². The predicted molar refractivity (Wildman–Crippen MR) is 107 cm³/mol. The van der Waals surface area contributed by atoms with Crippen LogP contribution in [0.1, 0.15) is 21.5 Å². The van der Waals surface area contributed by atoms with Crippen molar-refractivity contribution in [1.82, 2.24) is 0 Å². The summed E-state index contributed by atoms with van der Waals surface area (Å²) >= 11 is 5.97. The molecule has 28 heavy (non-hydrogen) atoms. The number of benzene rings is 3. The predicted octanol–water partition coefficient (Wildman–Crippen LogP) is 4.72. The molecule has 140 valence electrons. The van der Waals surface area contributed by atoms with Crippen molar-refractivity contribution in [3.8, 4) is 16.9 Å². The maximum atomic E-state index is 12.5. The molecule has 1 aliphatic carbocycles. The lowest BCUT2D eigenvalue weighted by Crippen LogP contribution is -2.19. The molecule has 0 aliphatic heterocycles. The summed E-state index contributed by atoms with van der Waals surface area (Å²) in [5, 5.41) is 0.407. The van der Waals surface area contributed by atoms with Gasteiger partial charge in [-0.3, -0.25) is 4.79 Å². The highest BCUT2D eigenvalue weighted by molar-refractivity contribution is 6.32. The number of esters is 1. The van der Waals surface area contributed by atoms with Gasteiger partial charge in [0.25, 0.3) is 0 Å². The van der Waals surface area contributed by atoms with Crippen molar-refractivity contribution in [2.24, 2.45) is 0 Å². The Morgan fingerprint density at radius 3 is 2.46 bits per heavy atom. The molecule has 0 aromatic heterocycles. The van der Waals surface area contributed by atoms with Crippen molar-refractivity contribution in [2.45, 2.75) is 6.42 Å². The Hall–Kier alpha value is -3.11. The van der Waals surface area contributed by atoms with Crippen LogP contribution in [0.3, 0.4) is 0 Å². The molecule has 3 aromatic carbocycles. The van der Waals surface area contributed by atoms with Gasteiger partial charge in [-0.2, -0.15) is 0 Å². The fourth-order valence-corrected chi connectivity index (χ4v) is 3.46. The van der Waals surface area contributed by atoms with Crippen LogP contribution in [0.2, 0.25) is 5.02 Å². The highest BCUT2D eigenvalue weighted by atomic mass is 35.5. The van der Waals surface area contributed by atoms with E-state index in [1.54, 1.807) is 30.3 Å². The fraction of sp³-hybridized carbons (Fsp3) is 0.130. The summed E-state index contributed by atoms with van der Waals surface area (Å²) < 4.78 is 10.4. The monoisotopic (exact) mass is 392 g/mol. The van der Waals surface area contributed by atoms with E-state index in [1.165, 1.54) is 11.1 Å². The molecule has 4 rings (SSSR count). The number of hydrogen-bond donors (Lipinski definition) is 0. The molecule has 0 unspecified atom stereocenters. The summed E-state index contributed by atoms with van der Waals surface area (Å²) in [5.74, 6) is -0.484. The first-order valence-electron chi connectivity index (χ1n) is 8.89. The Morgan fingerprint density at radius 2 is 1.61 bits per heavy atom. The maximum Gasteiger partial charge on any atom is 0.344 e. The molecule has 0 spiro atoms. The number of halogens is 1. The van der Waals surface area contributed by atoms with E-state index in [0.29, 0.717) is 16.3 Å². The molecule has 1 aliphatic rings. The highest BCUT2D eigenvalue weighted by Gasteiger charge is 2.20. The number of hydrogen-bond acceptors (Lipinski definition) is 4. The number of ether oxygens (including phenoxy) is 2. The summed E-state index contributed by atoms with van der Waals surface area (Å²) in [5.41, 5.74) is 5.19. The van der Waals surface area contributed by atoms with Gasteiger partial charge in [-0.15, -0.1) is 0 Å². The molecule has 0 saturated heterocycles. The van der Waals surface area contributed by atoms with Crippen LogP contribution in [0.15, 0.2) is 66.7 Å². The second-order valence-electron chi connectivity index (χ2n) is 6.51. The molecule has 3 aromatic rings. The zero-order valence-electron chi connectivity index (χ0n) is 15.0. The Morgan fingerprint density at radius 1 is 0.857 bits per heavy atom. The minimum Gasteiger partial charge on any atom is -0.480 e. The molecule has 0 radical (unpaired) electrons. The van der Waals surface area contributed by atoms with Gasteiger partial charge in [0.05, 0.1) is 5.02 Å². The summed E-state index contributed by atoms with van der Waals surface area (Å²) in [6.07, 6.45) is 0.869. The van der Waals surface area contributed by atoms with E-state index in [2.05, 4.69) is 12.1 Å². The van der Waals surface area contributed by atoms with E-state index < -0.39 is 5.97 Å². The lowest BCUT2D eigenvalue weighted by molar-refractivity contribution is -0.144. The fourth-order valence-electron chi connectivity index (χ4n) is 3.27. The van der Waals surface area contributed by atoms with Crippen LogP contribution in [0.5, 0.6) is 5.75 Å².